The number of amides is 1. The highest BCUT2D eigenvalue weighted by atomic mass is 32.1. The Labute approximate surface area is 179 Å². The Morgan fingerprint density at radius 2 is 2.06 bits per heavy atom. The number of carbonyl (C=O) groups is 1. The number of thiazole rings is 1. The van der Waals surface area contributed by atoms with Crippen LogP contribution in [0.5, 0.6) is 0 Å². The second-order valence-corrected chi connectivity index (χ2v) is 7.54. The Morgan fingerprint density at radius 3 is 2.84 bits per heavy atom. The maximum Gasteiger partial charge on any atom is 0.315 e. The number of aromatic nitrogens is 1. The molecule has 0 fully saturated rings. The van der Waals surface area contributed by atoms with E-state index in [9.17, 15) is 19.7 Å². The van der Waals surface area contributed by atoms with Crippen molar-refractivity contribution in [1.82, 2.24) is 4.57 Å². The van der Waals surface area contributed by atoms with Crippen molar-refractivity contribution in [3.63, 3.8) is 0 Å². The number of nitrogens with zero attached hydrogens (tertiary/aromatic N) is 3. The van der Waals surface area contributed by atoms with Gasteiger partial charge in [0.15, 0.2) is 16.0 Å². The van der Waals surface area contributed by atoms with Gasteiger partial charge in [-0.15, -0.1) is 0 Å². The van der Waals surface area contributed by atoms with Crippen molar-refractivity contribution in [1.29, 1.82) is 0 Å². The molecule has 9 nitrogen and oxygen atoms in total. The standard InChI is InChI=1S/C21H17N3O6S/c1-2-29-10-9-23-15-8-7-13(24(27)28)11-19(15)31-21(23)22-20(26)18-12-16(25)14-5-3-4-6-17(14)30-18/h3-8,11-12H,2,9-10H2,1H3. The Morgan fingerprint density at radius 1 is 1.26 bits per heavy atom. The van der Waals surface area contributed by atoms with Crippen LogP contribution in [0, 0.1) is 10.1 Å². The van der Waals surface area contributed by atoms with Crippen LogP contribution in [0.4, 0.5) is 5.69 Å². The van der Waals surface area contributed by atoms with Crippen LogP contribution in [0.3, 0.4) is 0 Å². The van der Waals surface area contributed by atoms with Crippen LogP contribution in [0.2, 0.25) is 0 Å². The van der Waals surface area contributed by atoms with Crippen LogP contribution in [0.1, 0.15) is 17.5 Å². The zero-order valence-corrected chi connectivity index (χ0v) is 17.3. The average molecular weight is 439 g/mol. The number of non-ortho nitro benzene ring substituents is 1. The molecule has 2 aromatic carbocycles. The molecular weight excluding hydrogens is 422 g/mol. The minimum atomic E-state index is -0.714. The number of fused-ring (bicyclic) bond motifs is 2. The lowest BCUT2D eigenvalue weighted by Gasteiger charge is -2.05. The van der Waals surface area contributed by atoms with Crippen molar-refractivity contribution in [2.75, 3.05) is 13.2 Å². The van der Waals surface area contributed by atoms with Crippen molar-refractivity contribution in [2.24, 2.45) is 4.99 Å². The highest BCUT2D eigenvalue weighted by molar-refractivity contribution is 7.16. The summed E-state index contributed by atoms with van der Waals surface area (Å²) in [6.45, 7) is 3.18. The summed E-state index contributed by atoms with van der Waals surface area (Å²) in [5.41, 5.74) is 0.604. The normalized spacial score (nSPS) is 12.0. The molecule has 31 heavy (non-hydrogen) atoms. The summed E-state index contributed by atoms with van der Waals surface area (Å²) in [6.07, 6.45) is 0. The number of hydrogen-bond donors (Lipinski definition) is 0. The fourth-order valence-electron chi connectivity index (χ4n) is 3.13. The topological polar surface area (TPSA) is 117 Å². The molecule has 0 N–H and O–H groups in total. The first-order valence-electron chi connectivity index (χ1n) is 9.45. The van der Waals surface area contributed by atoms with Crippen LogP contribution in [0.25, 0.3) is 21.2 Å². The molecule has 2 heterocycles. The Bertz CT molecular complexity index is 1430. The molecule has 0 saturated heterocycles. The molecule has 0 aliphatic rings. The lowest BCUT2D eigenvalue weighted by atomic mass is 10.2. The molecular formula is C21H17N3O6S. The molecule has 158 valence electrons. The number of rotatable bonds is 6. The number of ether oxygens (including phenoxy) is 1. The quantitative estimate of drug-likeness (QED) is 0.258. The first kappa shape index (κ1) is 20.6. The van der Waals surface area contributed by atoms with E-state index >= 15 is 0 Å². The van der Waals surface area contributed by atoms with E-state index in [1.807, 2.05) is 6.92 Å². The monoisotopic (exact) mass is 439 g/mol. The zero-order chi connectivity index (χ0) is 22.0. The zero-order valence-electron chi connectivity index (χ0n) is 16.4. The molecule has 0 atom stereocenters. The SMILES string of the molecule is CCOCCn1c(=NC(=O)c2cc(=O)c3ccccc3o2)sc2cc([N+](=O)[O-])ccc21. The van der Waals surface area contributed by atoms with E-state index in [-0.39, 0.29) is 16.9 Å². The van der Waals surface area contributed by atoms with Crippen molar-refractivity contribution in [3.05, 3.63) is 79.4 Å². The maximum absolute atomic E-state index is 12.8. The van der Waals surface area contributed by atoms with E-state index < -0.39 is 10.8 Å². The molecule has 2 aromatic heterocycles. The summed E-state index contributed by atoms with van der Waals surface area (Å²) in [7, 11) is 0. The lowest BCUT2D eigenvalue weighted by Crippen LogP contribution is -2.20. The van der Waals surface area contributed by atoms with Gasteiger partial charge in [0.05, 0.1) is 27.1 Å². The van der Waals surface area contributed by atoms with Gasteiger partial charge in [0.1, 0.15) is 5.58 Å². The maximum atomic E-state index is 12.8. The van der Waals surface area contributed by atoms with Crippen molar-refractivity contribution >= 4 is 44.1 Å². The minimum absolute atomic E-state index is 0.0517. The van der Waals surface area contributed by atoms with Gasteiger partial charge < -0.3 is 13.7 Å². The molecule has 10 heteroatoms. The minimum Gasteiger partial charge on any atom is -0.451 e. The third-order valence-electron chi connectivity index (χ3n) is 4.58. The lowest BCUT2D eigenvalue weighted by molar-refractivity contribution is -0.384. The highest BCUT2D eigenvalue weighted by Crippen LogP contribution is 2.23. The van der Waals surface area contributed by atoms with Gasteiger partial charge in [-0.3, -0.25) is 19.7 Å². The Kier molecular flexibility index (Phi) is 5.74. The second-order valence-electron chi connectivity index (χ2n) is 6.53. The molecule has 0 unspecified atom stereocenters. The van der Waals surface area contributed by atoms with Gasteiger partial charge in [0, 0.05) is 31.4 Å². The van der Waals surface area contributed by atoms with E-state index in [4.69, 9.17) is 9.15 Å². The number of para-hydroxylation sites is 1. The van der Waals surface area contributed by atoms with Gasteiger partial charge in [-0.2, -0.15) is 4.99 Å². The third-order valence-corrected chi connectivity index (χ3v) is 5.62. The number of nitro groups is 1. The summed E-state index contributed by atoms with van der Waals surface area (Å²) in [4.78, 5) is 40.2. The predicted octanol–water partition coefficient (Wildman–Crippen LogP) is 3.50. The molecule has 0 aliphatic carbocycles. The van der Waals surface area contributed by atoms with Gasteiger partial charge in [-0.1, -0.05) is 23.5 Å². The van der Waals surface area contributed by atoms with Crippen molar-refractivity contribution < 1.29 is 18.9 Å². The molecule has 0 radical (unpaired) electrons. The first-order chi connectivity index (χ1) is 15.0. The van der Waals surface area contributed by atoms with E-state index in [0.717, 1.165) is 17.4 Å². The number of nitro benzene ring substituents is 1. The Hall–Kier alpha value is -3.63. The summed E-state index contributed by atoms with van der Waals surface area (Å²) in [6, 6.07) is 12.2. The van der Waals surface area contributed by atoms with Crippen LogP contribution < -0.4 is 10.2 Å². The number of carbonyl (C=O) groups excluding carboxylic acids is 1. The largest absolute Gasteiger partial charge is 0.451 e. The van der Waals surface area contributed by atoms with Gasteiger partial charge in [-0.05, 0) is 25.1 Å². The number of hydrogen-bond acceptors (Lipinski definition) is 7. The predicted molar refractivity (Wildman–Crippen MR) is 115 cm³/mol. The van der Waals surface area contributed by atoms with Gasteiger partial charge in [0.25, 0.3) is 5.69 Å². The summed E-state index contributed by atoms with van der Waals surface area (Å²) >= 11 is 1.14. The molecule has 0 saturated carbocycles. The fraction of sp³-hybridized carbons (Fsp3) is 0.190. The van der Waals surface area contributed by atoms with Gasteiger partial charge >= 0.3 is 5.91 Å². The second kappa shape index (κ2) is 8.62. The Balaban J connectivity index is 1.83. The van der Waals surface area contributed by atoms with Crippen LogP contribution >= 0.6 is 11.3 Å². The van der Waals surface area contributed by atoms with E-state index in [2.05, 4.69) is 4.99 Å². The van der Waals surface area contributed by atoms with Crippen LogP contribution in [-0.4, -0.2) is 28.6 Å². The number of benzene rings is 2. The van der Waals surface area contributed by atoms with E-state index in [1.165, 1.54) is 12.1 Å². The van der Waals surface area contributed by atoms with Crippen LogP contribution in [-0.2, 0) is 11.3 Å². The van der Waals surface area contributed by atoms with E-state index in [0.29, 0.717) is 45.7 Å². The summed E-state index contributed by atoms with van der Waals surface area (Å²) in [5, 5.41) is 11.5. The smallest absolute Gasteiger partial charge is 0.315 e. The molecule has 0 aliphatic heterocycles. The van der Waals surface area contributed by atoms with Crippen molar-refractivity contribution in [2.45, 2.75) is 13.5 Å². The van der Waals surface area contributed by atoms with Gasteiger partial charge in [-0.25, -0.2) is 0 Å². The van der Waals surface area contributed by atoms with E-state index in [1.54, 1.807) is 34.9 Å². The highest BCUT2D eigenvalue weighted by Gasteiger charge is 2.15. The summed E-state index contributed by atoms with van der Waals surface area (Å²) < 4.78 is 13.4. The molecule has 1 amide bonds. The fourth-order valence-corrected chi connectivity index (χ4v) is 4.22. The molecule has 4 rings (SSSR count). The molecule has 0 bridgehead atoms. The van der Waals surface area contributed by atoms with Crippen molar-refractivity contribution in [3.8, 4) is 0 Å². The first-order valence-corrected chi connectivity index (χ1v) is 10.3. The average Bonchev–Trinajstić information content (AvgIpc) is 3.10. The van der Waals surface area contributed by atoms with Crippen LogP contribution in [0.15, 0.2) is 62.7 Å². The molecule has 0 spiro atoms. The molecule has 4 aromatic rings. The van der Waals surface area contributed by atoms with Gasteiger partial charge in [0.2, 0.25) is 0 Å². The summed E-state index contributed by atoms with van der Waals surface area (Å²) in [5.74, 6) is -0.891. The third kappa shape index (κ3) is 4.16.